The van der Waals surface area contributed by atoms with E-state index in [1.165, 1.54) is 4.31 Å². The number of carbonyl (C=O) groups is 1. The van der Waals surface area contributed by atoms with E-state index in [0.717, 1.165) is 12.8 Å². The molecule has 2 fully saturated rings. The van der Waals surface area contributed by atoms with Crippen molar-refractivity contribution in [3.05, 3.63) is 11.7 Å². The first-order valence-corrected chi connectivity index (χ1v) is 11.0. The number of carbonyl (C=O) groups excluding carboxylic acids is 1. The van der Waals surface area contributed by atoms with Gasteiger partial charge in [-0.2, -0.15) is 4.98 Å². The Morgan fingerprint density at radius 2 is 1.96 bits per heavy atom. The van der Waals surface area contributed by atoms with Crippen molar-refractivity contribution < 1.29 is 17.7 Å². The van der Waals surface area contributed by atoms with Crippen LogP contribution in [0.15, 0.2) is 4.52 Å². The molecule has 3 rings (SSSR count). The van der Waals surface area contributed by atoms with Crippen molar-refractivity contribution in [1.29, 1.82) is 0 Å². The van der Waals surface area contributed by atoms with Crippen LogP contribution in [-0.4, -0.2) is 65.6 Å². The zero-order valence-corrected chi connectivity index (χ0v) is 16.8. The van der Waals surface area contributed by atoms with Crippen molar-refractivity contribution in [2.24, 2.45) is 11.8 Å². The highest BCUT2D eigenvalue weighted by molar-refractivity contribution is 7.89. The maximum atomic E-state index is 12.9. The fourth-order valence-corrected chi connectivity index (χ4v) is 5.48. The third kappa shape index (κ3) is 3.05. The average molecular weight is 385 g/mol. The molecular weight excluding hydrogens is 356 g/mol. The quantitative estimate of drug-likeness (QED) is 0.730. The summed E-state index contributed by atoms with van der Waals surface area (Å²) >= 11 is 0. The van der Waals surface area contributed by atoms with Crippen LogP contribution in [0.2, 0.25) is 0 Å². The van der Waals surface area contributed by atoms with E-state index in [-0.39, 0.29) is 23.5 Å². The van der Waals surface area contributed by atoms with E-state index in [9.17, 15) is 13.2 Å². The first-order valence-electron chi connectivity index (χ1n) is 9.34. The lowest BCUT2D eigenvalue weighted by Gasteiger charge is -2.27. The minimum absolute atomic E-state index is 0.00535. The first-order chi connectivity index (χ1) is 12.3. The molecule has 2 atom stereocenters. The molecule has 0 spiro atoms. The van der Waals surface area contributed by atoms with E-state index < -0.39 is 15.4 Å². The highest BCUT2D eigenvalue weighted by Gasteiger charge is 2.59. The molecule has 0 bridgehead atoms. The Kier molecular flexibility index (Phi) is 5.13. The topological polar surface area (TPSA) is 96.6 Å². The molecule has 0 aliphatic carbocycles. The van der Waals surface area contributed by atoms with Crippen molar-refractivity contribution in [3.8, 4) is 0 Å². The Morgan fingerprint density at radius 3 is 2.50 bits per heavy atom. The normalized spacial score (nSPS) is 26.7. The average Bonchev–Trinajstić information content (AvgIpc) is 3.28. The number of amides is 1. The summed E-state index contributed by atoms with van der Waals surface area (Å²) in [6, 6.07) is 0. The predicted molar refractivity (Wildman–Crippen MR) is 95.9 cm³/mol. The lowest BCUT2D eigenvalue weighted by molar-refractivity contribution is -0.135. The van der Waals surface area contributed by atoms with Crippen molar-refractivity contribution in [1.82, 2.24) is 19.3 Å². The summed E-state index contributed by atoms with van der Waals surface area (Å²) in [5.74, 6) is 1.16. The first kappa shape index (κ1) is 19.3. The number of sulfonamides is 1. The molecule has 0 unspecified atom stereocenters. The summed E-state index contributed by atoms with van der Waals surface area (Å²) in [5.41, 5.74) is -0.606. The Balaban J connectivity index is 1.93. The zero-order chi connectivity index (χ0) is 19.1. The SMILES string of the molecule is CCC(CC)C(=O)N1C[C@H]2CN(S(=O)(=O)CC)C[C@@]2(c2nc(C)no2)C1. The van der Waals surface area contributed by atoms with Crippen LogP contribution >= 0.6 is 0 Å². The number of fused-ring (bicyclic) bond motifs is 1. The lowest BCUT2D eigenvalue weighted by Crippen LogP contribution is -2.43. The summed E-state index contributed by atoms with van der Waals surface area (Å²) < 4.78 is 31.8. The number of likely N-dealkylation sites (tertiary alicyclic amines) is 1. The summed E-state index contributed by atoms with van der Waals surface area (Å²) in [5, 5.41) is 3.90. The lowest BCUT2D eigenvalue weighted by atomic mass is 9.81. The zero-order valence-electron chi connectivity index (χ0n) is 15.9. The van der Waals surface area contributed by atoms with Crippen LogP contribution in [-0.2, 0) is 20.2 Å². The molecule has 1 amide bonds. The maximum Gasteiger partial charge on any atom is 0.236 e. The second-order valence-corrected chi connectivity index (χ2v) is 9.68. The van der Waals surface area contributed by atoms with Gasteiger partial charge in [-0.25, -0.2) is 12.7 Å². The summed E-state index contributed by atoms with van der Waals surface area (Å²) in [7, 11) is -3.30. The van der Waals surface area contributed by atoms with Crippen LogP contribution < -0.4 is 0 Å². The van der Waals surface area contributed by atoms with Gasteiger partial charge in [0.1, 0.15) is 0 Å². The summed E-state index contributed by atoms with van der Waals surface area (Å²) in [4.78, 5) is 19.2. The molecule has 0 radical (unpaired) electrons. The van der Waals surface area contributed by atoms with Gasteiger partial charge in [-0.15, -0.1) is 0 Å². The van der Waals surface area contributed by atoms with Gasteiger partial charge in [0.25, 0.3) is 0 Å². The van der Waals surface area contributed by atoms with Crippen molar-refractivity contribution in [3.63, 3.8) is 0 Å². The van der Waals surface area contributed by atoms with Crippen LogP contribution in [0.25, 0.3) is 0 Å². The fraction of sp³-hybridized carbons (Fsp3) is 0.824. The predicted octanol–water partition coefficient (Wildman–Crippen LogP) is 1.18. The largest absolute Gasteiger partial charge is 0.341 e. The molecule has 9 heteroatoms. The molecule has 2 aliphatic rings. The molecule has 146 valence electrons. The highest BCUT2D eigenvalue weighted by Crippen LogP contribution is 2.45. The number of aryl methyl sites for hydroxylation is 1. The molecule has 1 aromatic heterocycles. The molecule has 0 saturated carbocycles. The van der Waals surface area contributed by atoms with Crippen molar-refractivity contribution >= 4 is 15.9 Å². The Morgan fingerprint density at radius 1 is 1.27 bits per heavy atom. The van der Waals surface area contributed by atoms with E-state index in [4.69, 9.17) is 4.52 Å². The Hall–Kier alpha value is -1.48. The molecule has 3 heterocycles. The number of aromatic nitrogens is 2. The van der Waals surface area contributed by atoms with Gasteiger partial charge in [-0.1, -0.05) is 19.0 Å². The molecule has 26 heavy (non-hydrogen) atoms. The molecule has 0 N–H and O–H groups in total. The van der Waals surface area contributed by atoms with E-state index >= 15 is 0 Å². The minimum atomic E-state index is -3.30. The molecule has 0 aromatic carbocycles. The molecule has 8 nitrogen and oxygen atoms in total. The van der Waals surface area contributed by atoms with E-state index in [0.29, 0.717) is 37.9 Å². The van der Waals surface area contributed by atoms with Gasteiger partial charge in [-0.05, 0) is 26.7 Å². The number of rotatable bonds is 6. The molecule has 1 aromatic rings. The highest BCUT2D eigenvalue weighted by atomic mass is 32.2. The van der Waals surface area contributed by atoms with Gasteiger partial charge in [0.05, 0.1) is 11.2 Å². The second kappa shape index (κ2) is 6.92. The van der Waals surface area contributed by atoms with Gasteiger partial charge >= 0.3 is 0 Å². The van der Waals surface area contributed by atoms with E-state index in [1.54, 1.807) is 13.8 Å². The van der Waals surface area contributed by atoms with Crippen molar-refractivity contribution in [2.75, 3.05) is 31.9 Å². The monoisotopic (exact) mass is 384 g/mol. The smallest absolute Gasteiger partial charge is 0.236 e. The van der Waals surface area contributed by atoms with E-state index in [1.807, 2.05) is 18.7 Å². The third-order valence-corrected chi connectivity index (χ3v) is 7.73. The second-order valence-electron chi connectivity index (χ2n) is 7.43. The van der Waals surface area contributed by atoms with Gasteiger partial charge in [-0.3, -0.25) is 4.79 Å². The van der Waals surface area contributed by atoms with Crippen molar-refractivity contribution in [2.45, 2.75) is 46.0 Å². The molecule has 2 saturated heterocycles. The van der Waals surface area contributed by atoms with Gasteiger partial charge in [0.15, 0.2) is 5.82 Å². The number of hydrogen-bond donors (Lipinski definition) is 0. The van der Waals surface area contributed by atoms with Crippen LogP contribution in [0, 0.1) is 18.8 Å². The fourth-order valence-electron chi connectivity index (χ4n) is 4.28. The van der Waals surface area contributed by atoms with Crippen LogP contribution in [0.3, 0.4) is 0 Å². The van der Waals surface area contributed by atoms with E-state index in [2.05, 4.69) is 10.1 Å². The number of hydrogen-bond acceptors (Lipinski definition) is 6. The minimum Gasteiger partial charge on any atom is -0.341 e. The Labute approximate surface area is 155 Å². The van der Waals surface area contributed by atoms with Crippen LogP contribution in [0.5, 0.6) is 0 Å². The van der Waals surface area contributed by atoms with Gasteiger partial charge in [0, 0.05) is 38.0 Å². The Bertz CT molecular complexity index is 773. The van der Waals surface area contributed by atoms with Crippen LogP contribution in [0.4, 0.5) is 0 Å². The van der Waals surface area contributed by atoms with Crippen LogP contribution in [0.1, 0.15) is 45.3 Å². The van der Waals surface area contributed by atoms with Gasteiger partial charge in [0.2, 0.25) is 21.8 Å². The maximum absolute atomic E-state index is 12.9. The standard InChI is InChI=1S/C17H28N4O4S/c1-5-13(6-2)15(22)20-8-14-9-21(26(23,24)7-3)11-17(14,10-20)16-18-12(4)19-25-16/h13-14H,5-11H2,1-4H3/t14-,17-/m0/s1. The molecular formula is C17H28N4O4S. The van der Waals surface area contributed by atoms with Gasteiger partial charge < -0.3 is 9.42 Å². The summed E-state index contributed by atoms with van der Waals surface area (Å²) in [6.45, 7) is 9.10. The summed E-state index contributed by atoms with van der Waals surface area (Å²) in [6.07, 6.45) is 1.61. The number of nitrogens with zero attached hydrogens (tertiary/aromatic N) is 4. The third-order valence-electron chi connectivity index (χ3n) is 5.94. The molecule has 2 aliphatic heterocycles.